The van der Waals surface area contributed by atoms with Gasteiger partial charge in [-0.25, -0.2) is 4.79 Å². The van der Waals surface area contributed by atoms with E-state index in [2.05, 4.69) is 29.7 Å². The van der Waals surface area contributed by atoms with E-state index >= 15 is 0 Å². The average molecular weight is 403 g/mol. The quantitative estimate of drug-likeness (QED) is 0.778. The van der Waals surface area contributed by atoms with Gasteiger partial charge in [-0.2, -0.15) is 27.2 Å². The van der Waals surface area contributed by atoms with E-state index in [-0.39, 0.29) is 17.6 Å². The molecule has 27 heavy (non-hydrogen) atoms. The van der Waals surface area contributed by atoms with Crippen molar-refractivity contribution in [1.29, 1.82) is 0 Å². The molecule has 146 valence electrons. The summed E-state index contributed by atoms with van der Waals surface area (Å²) in [6.45, 7) is -2.73. The summed E-state index contributed by atoms with van der Waals surface area (Å²) in [5.41, 5.74) is 0. The van der Waals surface area contributed by atoms with E-state index < -0.39 is 23.1 Å². The number of carbonyl (C=O) groups is 1. The second kappa shape index (κ2) is 11.3. The van der Waals surface area contributed by atoms with Crippen molar-refractivity contribution >= 4 is 28.3 Å². The standard InChI is InChI=1S/C7H6F2O.C7H9N5O4S/c8-7(9)10-6-4-2-1-3-5-6;1-8-4-3-5(16-2)10-6(9-4)11-7(13)12-17(14)15/h1-5,7H;3H,1-2H3,(H2,8,9,10,11,13). The largest absolute Gasteiger partial charge is 0.481 e. The number of methoxy groups -OCH3 is 1. The van der Waals surface area contributed by atoms with E-state index in [1.165, 1.54) is 25.3 Å². The number of carbonyl (C=O) groups excluding carboxylic acids is 1. The third kappa shape index (κ3) is 9.06. The van der Waals surface area contributed by atoms with Gasteiger partial charge in [0.25, 0.3) is 0 Å². The molecule has 0 aliphatic rings. The van der Waals surface area contributed by atoms with Crippen molar-refractivity contribution in [2.24, 2.45) is 4.36 Å². The Morgan fingerprint density at radius 3 is 2.41 bits per heavy atom. The molecule has 1 heterocycles. The van der Waals surface area contributed by atoms with E-state index in [1.54, 1.807) is 25.2 Å². The third-order valence-electron chi connectivity index (χ3n) is 2.51. The highest BCUT2D eigenvalue weighted by atomic mass is 32.2. The summed E-state index contributed by atoms with van der Waals surface area (Å²) in [4.78, 5) is 18.6. The van der Waals surface area contributed by atoms with Crippen molar-refractivity contribution in [2.45, 2.75) is 6.61 Å². The van der Waals surface area contributed by atoms with Gasteiger partial charge in [-0.3, -0.25) is 5.32 Å². The molecule has 2 aromatic rings. The van der Waals surface area contributed by atoms with Crippen LogP contribution in [0.3, 0.4) is 0 Å². The molecule has 2 N–H and O–H groups in total. The fraction of sp³-hybridized carbons (Fsp3) is 0.214. The maximum Gasteiger partial charge on any atom is 0.387 e. The van der Waals surface area contributed by atoms with Crippen LogP contribution in [0.15, 0.2) is 40.8 Å². The number of rotatable bonds is 5. The number of hydrogen-bond acceptors (Lipinski definition) is 8. The minimum absolute atomic E-state index is 0.118. The first-order valence-corrected chi connectivity index (χ1v) is 8.10. The molecule has 10 nitrogen and oxygen atoms in total. The molecule has 0 saturated heterocycles. The topological polar surface area (TPSA) is 132 Å². The van der Waals surface area contributed by atoms with Gasteiger partial charge in [-0.05, 0) is 12.1 Å². The third-order valence-corrected chi connectivity index (χ3v) is 2.83. The lowest BCUT2D eigenvalue weighted by Gasteiger charge is -2.05. The highest BCUT2D eigenvalue weighted by molar-refractivity contribution is 7.62. The molecule has 1 aromatic heterocycles. The molecule has 0 aliphatic carbocycles. The number of nitrogens with zero attached hydrogens (tertiary/aromatic N) is 3. The fourth-order valence-corrected chi connectivity index (χ4v) is 1.68. The number of halogens is 2. The molecule has 0 spiro atoms. The number of hydrogen-bond donors (Lipinski definition) is 2. The molecule has 0 aliphatic heterocycles. The molecular weight excluding hydrogens is 388 g/mol. The van der Waals surface area contributed by atoms with Crippen LogP contribution in [0.5, 0.6) is 11.6 Å². The maximum atomic E-state index is 11.5. The van der Waals surface area contributed by atoms with Crippen LogP contribution in [0.2, 0.25) is 0 Å². The van der Waals surface area contributed by atoms with Gasteiger partial charge in [0.05, 0.1) is 7.11 Å². The Labute approximate surface area is 154 Å². The molecule has 1 aromatic carbocycles. The van der Waals surface area contributed by atoms with E-state index in [0.717, 1.165) is 0 Å². The maximum absolute atomic E-state index is 11.5. The molecular formula is C14H15F2N5O5S. The summed E-state index contributed by atoms with van der Waals surface area (Å²) >= 11 is 0. The normalized spacial score (nSPS) is 9.52. The zero-order valence-corrected chi connectivity index (χ0v) is 14.9. The Morgan fingerprint density at radius 2 is 1.89 bits per heavy atom. The van der Waals surface area contributed by atoms with Gasteiger partial charge in [-0.15, -0.1) is 0 Å². The summed E-state index contributed by atoms with van der Waals surface area (Å²) in [6, 6.07) is 8.37. The van der Waals surface area contributed by atoms with Crippen LogP contribution in [-0.2, 0) is 10.5 Å². The van der Waals surface area contributed by atoms with Crippen molar-refractivity contribution in [3.05, 3.63) is 36.4 Å². The van der Waals surface area contributed by atoms with Gasteiger partial charge in [0.2, 0.25) is 11.8 Å². The van der Waals surface area contributed by atoms with E-state index in [0.29, 0.717) is 5.82 Å². The number of urea groups is 1. The molecule has 2 rings (SSSR count). The highest BCUT2D eigenvalue weighted by Crippen LogP contribution is 2.15. The molecule has 0 unspecified atom stereocenters. The lowest BCUT2D eigenvalue weighted by Crippen LogP contribution is -2.10. The summed E-state index contributed by atoms with van der Waals surface area (Å²) in [5, 5.41) is 4.80. The first-order chi connectivity index (χ1) is 12.8. The highest BCUT2D eigenvalue weighted by Gasteiger charge is 2.07. The number of aromatic nitrogens is 2. The number of anilines is 2. The van der Waals surface area contributed by atoms with E-state index in [9.17, 15) is 22.0 Å². The number of para-hydroxylation sites is 1. The van der Waals surface area contributed by atoms with E-state index in [1.807, 2.05) is 0 Å². The molecule has 0 bridgehead atoms. The van der Waals surface area contributed by atoms with Gasteiger partial charge in [-0.1, -0.05) is 22.6 Å². The molecule has 2 amide bonds. The zero-order chi connectivity index (χ0) is 20.2. The van der Waals surface area contributed by atoms with Gasteiger partial charge in [0.15, 0.2) is 0 Å². The van der Waals surface area contributed by atoms with Crippen molar-refractivity contribution in [1.82, 2.24) is 9.97 Å². The van der Waals surface area contributed by atoms with Crippen LogP contribution in [0, 0.1) is 0 Å². The minimum atomic E-state index is -2.82. The fourth-order valence-electron chi connectivity index (χ4n) is 1.50. The first kappa shape index (κ1) is 21.7. The number of nitrogens with one attached hydrogen (secondary N) is 2. The summed E-state index contributed by atoms with van der Waals surface area (Å²) in [7, 11) is 0.186. The number of benzene rings is 1. The Kier molecular flexibility index (Phi) is 9.08. The number of amides is 2. The van der Waals surface area contributed by atoms with Crippen LogP contribution in [0.1, 0.15) is 0 Å². The zero-order valence-electron chi connectivity index (χ0n) is 14.1. The molecule has 13 heteroatoms. The van der Waals surface area contributed by atoms with Crippen molar-refractivity contribution < 1.29 is 31.5 Å². The number of ether oxygens (including phenoxy) is 2. The Morgan fingerprint density at radius 1 is 1.22 bits per heavy atom. The Balaban J connectivity index is 0.000000309. The van der Waals surface area contributed by atoms with Crippen molar-refractivity contribution in [3.8, 4) is 11.6 Å². The summed E-state index contributed by atoms with van der Waals surface area (Å²) in [6.07, 6.45) is 0. The minimum Gasteiger partial charge on any atom is -0.481 e. The molecule has 0 saturated carbocycles. The smallest absolute Gasteiger partial charge is 0.387 e. The molecule has 0 fully saturated rings. The predicted molar refractivity (Wildman–Crippen MR) is 91.6 cm³/mol. The monoisotopic (exact) mass is 403 g/mol. The Hall–Kier alpha value is -3.35. The van der Waals surface area contributed by atoms with Gasteiger partial charge < -0.3 is 14.8 Å². The van der Waals surface area contributed by atoms with Crippen molar-refractivity contribution in [3.63, 3.8) is 0 Å². The van der Waals surface area contributed by atoms with Crippen LogP contribution in [0.25, 0.3) is 0 Å². The van der Waals surface area contributed by atoms with Gasteiger partial charge in [0, 0.05) is 13.1 Å². The van der Waals surface area contributed by atoms with Gasteiger partial charge >= 0.3 is 23.1 Å². The first-order valence-electron chi connectivity index (χ1n) is 7.06. The second-order valence-electron chi connectivity index (χ2n) is 4.30. The SMILES string of the molecule is CNc1cc(OC)nc(NC(=O)N=S(=O)=O)n1.FC(F)Oc1ccccc1. The van der Waals surface area contributed by atoms with Crippen molar-refractivity contribution in [2.75, 3.05) is 24.8 Å². The Bertz CT molecular complexity index is 850. The molecule has 0 atom stereocenters. The summed E-state index contributed by atoms with van der Waals surface area (Å²) in [5.74, 6) is 0.684. The number of alkyl halides is 2. The lowest BCUT2D eigenvalue weighted by molar-refractivity contribution is -0.0498. The van der Waals surface area contributed by atoms with Crippen LogP contribution in [0.4, 0.5) is 25.3 Å². The van der Waals surface area contributed by atoms with Crippen LogP contribution >= 0.6 is 0 Å². The predicted octanol–water partition coefficient (Wildman–Crippen LogP) is 2.41. The van der Waals surface area contributed by atoms with Crippen LogP contribution in [-0.4, -0.2) is 45.2 Å². The van der Waals surface area contributed by atoms with E-state index in [4.69, 9.17) is 4.74 Å². The van der Waals surface area contributed by atoms with Gasteiger partial charge in [0.1, 0.15) is 11.6 Å². The second-order valence-corrected chi connectivity index (χ2v) is 4.92. The summed E-state index contributed by atoms with van der Waals surface area (Å²) < 4.78 is 54.9. The molecule has 0 radical (unpaired) electrons. The average Bonchev–Trinajstić information content (AvgIpc) is 2.61. The van der Waals surface area contributed by atoms with Crippen LogP contribution < -0.4 is 20.1 Å². The lowest BCUT2D eigenvalue weighted by atomic mass is 10.3.